The summed E-state index contributed by atoms with van der Waals surface area (Å²) in [6.45, 7) is 3.32. The molecule has 7 heteroatoms. The maximum atomic E-state index is 12.1. The number of alkyl halides is 1. The molecule has 23 heavy (non-hydrogen) atoms. The second-order valence-corrected chi connectivity index (χ2v) is 6.38. The van der Waals surface area contributed by atoms with Gasteiger partial charge in [-0.2, -0.15) is 0 Å². The number of halogens is 1. The van der Waals surface area contributed by atoms with E-state index in [0.29, 0.717) is 29.9 Å². The smallest absolute Gasteiger partial charge is 0.337 e. The Kier molecular flexibility index (Phi) is 6.41. The lowest BCUT2D eigenvalue weighted by Crippen LogP contribution is -2.33. The number of rotatable bonds is 7. The highest BCUT2D eigenvalue weighted by atomic mass is 79.9. The van der Waals surface area contributed by atoms with Crippen LogP contribution in [0.2, 0.25) is 0 Å². The molecule has 2 N–H and O–H groups in total. The average molecular weight is 385 g/mol. The number of nitrogens with one attached hydrogen (secondary N) is 2. The molecule has 0 radical (unpaired) electrons. The fourth-order valence-electron chi connectivity index (χ4n) is 2.11. The van der Waals surface area contributed by atoms with Gasteiger partial charge in [0.25, 0.3) is 0 Å². The van der Waals surface area contributed by atoms with Crippen molar-refractivity contribution >= 4 is 39.2 Å². The normalized spacial score (nSPS) is 17.8. The minimum Gasteiger partial charge on any atom is -0.465 e. The quantitative estimate of drug-likeness (QED) is 0.558. The third-order valence-corrected chi connectivity index (χ3v) is 4.72. The molecule has 1 amide bonds. The molecule has 2 rings (SSSR count). The monoisotopic (exact) mass is 384 g/mol. The van der Waals surface area contributed by atoms with Crippen molar-refractivity contribution in [1.29, 1.82) is 0 Å². The van der Waals surface area contributed by atoms with Crippen molar-refractivity contribution < 1.29 is 19.1 Å². The summed E-state index contributed by atoms with van der Waals surface area (Å²) in [5, 5.41) is 6.10. The number of methoxy groups -OCH3 is 1. The van der Waals surface area contributed by atoms with Crippen molar-refractivity contribution in [3.8, 4) is 0 Å². The van der Waals surface area contributed by atoms with Crippen molar-refractivity contribution in [1.82, 2.24) is 0 Å². The van der Waals surface area contributed by atoms with Crippen LogP contribution in [0.4, 0.5) is 11.4 Å². The largest absolute Gasteiger partial charge is 0.465 e. The Morgan fingerprint density at radius 2 is 2.17 bits per heavy atom. The van der Waals surface area contributed by atoms with Crippen molar-refractivity contribution in [2.24, 2.45) is 0 Å². The van der Waals surface area contributed by atoms with Gasteiger partial charge in [0, 0.05) is 13.2 Å². The van der Waals surface area contributed by atoms with E-state index in [4.69, 9.17) is 9.47 Å². The Morgan fingerprint density at radius 1 is 1.43 bits per heavy atom. The number of carbonyl (C=O) groups is 2. The van der Waals surface area contributed by atoms with E-state index in [2.05, 4.69) is 26.6 Å². The summed E-state index contributed by atoms with van der Waals surface area (Å²) < 4.78 is 10.1. The molecule has 126 valence electrons. The van der Waals surface area contributed by atoms with Crippen LogP contribution in [0.25, 0.3) is 0 Å². The highest BCUT2D eigenvalue weighted by Gasteiger charge is 2.20. The molecule has 0 aromatic heterocycles. The van der Waals surface area contributed by atoms with Crippen LogP contribution in [0.15, 0.2) is 18.2 Å². The molecule has 1 unspecified atom stereocenters. The minimum atomic E-state index is -0.419. The first kappa shape index (κ1) is 17.7. The zero-order chi connectivity index (χ0) is 16.8. The standard InChI is InChI=1S/C16H21BrN2O4/c1-3-12(17)15(20)19-13-5-4-10(16(21)22-2)8-14(13)18-9-11-6-7-23-11/h4-5,8,11-12,18H,3,6-7,9H2,1-2H3,(H,19,20)/t11?,12-/m0/s1. The molecule has 0 spiro atoms. The maximum absolute atomic E-state index is 12.1. The summed E-state index contributed by atoms with van der Waals surface area (Å²) in [7, 11) is 1.34. The Hall–Kier alpha value is -1.60. The molecular formula is C16H21BrN2O4. The van der Waals surface area contributed by atoms with E-state index in [1.807, 2.05) is 6.92 Å². The predicted octanol–water partition coefficient (Wildman–Crippen LogP) is 2.79. The third-order valence-electron chi connectivity index (χ3n) is 3.66. The predicted molar refractivity (Wildman–Crippen MR) is 92.3 cm³/mol. The van der Waals surface area contributed by atoms with Gasteiger partial charge in [-0.3, -0.25) is 4.79 Å². The van der Waals surface area contributed by atoms with Crippen LogP contribution in [0.1, 0.15) is 30.1 Å². The van der Waals surface area contributed by atoms with Crippen molar-refractivity contribution in [2.75, 3.05) is 30.9 Å². The first-order valence-corrected chi connectivity index (χ1v) is 8.49. The molecule has 0 bridgehead atoms. The van der Waals surface area contributed by atoms with Crippen molar-refractivity contribution in [3.05, 3.63) is 23.8 Å². The molecule has 0 saturated carbocycles. The van der Waals surface area contributed by atoms with Gasteiger partial charge in [0.05, 0.1) is 35.0 Å². The average Bonchev–Trinajstić information content (AvgIpc) is 2.52. The number of esters is 1. The zero-order valence-corrected chi connectivity index (χ0v) is 14.8. The Bertz CT molecular complexity index is 575. The molecule has 6 nitrogen and oxygen atoms in total. The van der Waals surface area contributed by atoms with E-state index >= 15 is 0 Å². The van der Waals surface area contributed by atoms with Crippen LogP contribution in [-0.2, 0) is 14.3 Å². The number of carbonyl (C=O) groups excluding carboxylic acids is 2. The Labute approximate surface area is 144 Å². The number of hydrogen-bond donors (Lipinski definition) is 2. The second kappa shape index (κ2) is 8.31. The number of amides is 1. The van der Waals surface area contributed by atoms with Gasteiger partial charge < -0.3 is 20.1 Å². The van der Waals surface area contributed by atoms with E-state index in [9.17, 15) is 9.59 Å². The van der Waals surface area contributed by atoms with Crippen molar-refractivity contribution in [3.63, 3.8) is 0 Å². The topological polar surface area (TPSA) is 76.7 Å². The lowest BCUT2D eigenvalue weighted by Gasteiger charge is -2.27. The minimum absolute atomic E-state index is 0.124. The van der Waals surface area contributed by atoms with Crippen LogP contribution < -0.4 is 10.6 Å². The first-order chi connectivity index (χ1) is 11.0. The molecule has 1 heterocycles. The van der Waals surface area contributed by atoms with Crippen LogP contribution in [-0.4, -0.2) is 43.1 Å². The van der Waals surface area contributed by atoms with Gasteiger partial charge in [-0.05, 0) is 31.0 Å². The summed E-state index contributed by atoms with van der Waals surface area (Å²) in [6.07, 6.45) is 1.86. The molecule has 1 fully saturated rings. The van der Waals surface area contributed by atoms with Gasteiger partial charge in [0.15, 0.2) is 0 Å². The lowest BCUT2D eigenvalue weighted by atomic mass is 10.1. The van der Waals surface area contributed by atoms with Gasteiger partial charge in [0.2, 0.25) is 5.91 Å². The van der Waals surface area contributed by atoms with Crippen LogP contribution in [0, 0.1) is 0 Å². The number of anilines is 2. The fourth-order valence-corrected chi connectivity index (χ4v) is 2.22. The van der Waals surface area contributed by atoms with Gasteiger partial charge in [0.1, 0.15) is 0 Å². The van der Waals surface area contributed by atoms with Gasteiger partial charge >= 0.3 is 5.97 Å². The SMILES string of the molecule is CC[C@H](Br)C(=O)Nc1ccc(C(=O)OC)cc1NCC1CCO1. The molecule has 1 aliphatic rings. The summed E-state index contributed by atoms with van der Waals surface area (Å²) in [5.41, 5.74) is 1.72. The number of hydrogen-bond acceptors (Lipinski definition) is 5. The molecule has 0 aliphatic carbocycles. The van der Waals surface area contributed by atoms with Crippen LogP contribution >= 0.6 is 15.9 Å². The summed E-state index contributed by atoms with van der Waals surface area (Å²) >= 11 is 3.33. The van der Waals surface area contributed by atoms with Gasteiger partial charge in [-0.25, -0.2) is 4.79 Å². The maximum Gasteiger partial charge on any atom is 0.337 e. The summed E-state index contributed by atoms with van der Waals surface area (Å²) in [5.74, 6) is -0.543. The highest BCUT2D eigenvalue weighted by molar-refractivity contribution is 9.10. The van der Waals surface area contributed by atoms with Crippen LogP contribution in [0.3, 0.4) is 0 Å². The lowest BCUT2D eigenvalue weighted by molar-refractivity contribution is -0.115. The molecule has 1 saturated heterocycles. The van der Waals surface area contributed by atoms with Crippen molar-refractivity contribution in [2.45, 2.75) is 30.7 Å². The molecule has 2 atom stereocenters. The molecule has 1 aromatic rings. The highest BCUT2D eigenvalue weighted by Crippen LogP contribution is 2.26. The van der Waals surface area contributed by atoms with E-state index in [1.54, 1.807) is 18.2 Å². The van der Waals surface area contributed by atoms with Gasteiger partial charge in [-0.15, -0.1) is 0 Å². The van der Waals surface area contributed by atoms with E-state index in [-0.39, 0.29) is 16.8 Å². The Morgan fingerprint density at radius 3 is 2.74 bits per heavy atom. The summed E-state index contributed by atoms with van der Waals surface area (Å²) in [6, 6.07) is 5.00. The summed E-state index contributed by atoms with van der Waals surface area (Å²) in [4.78, 5) is 23.5. The van der Waals surface area contributed by atoms with E-state index in [0.717, 1.165) is 13.0 Å². The molecule has 1 aromatic carbocycles. The number of ether oxygens (including phenoxy) is 2. The van der Waals surface area contributed by atoms with E-state index < -0.39 is 5.97 Å². The van der Waals surface area contributed by atoms with Gasteiger partial charge in [-0.1, -0.05) is 22.9 Å². The zero-order valence-electron chi connectivity index (χ0n) is 13.2. The Balaban J connectivity index is 2.16. The third kappa shape index (κ3) is 4.68. The number of benzene rings is 1. The van der Waals surface area contributed by atoms with Crippen LogP contribution in [0.5, 0.6) is 0 Å². The first-order valence-electron chi connectivity index (χ1n) is 7.58. The molecule has 1 aliphatic heterocycles. The van der Waals surface area contributed by atoms with E-state index in [1.165, 1.54) is 7.11 Å². The second-order valence-electron chi connectivity index (χ2n) is 5.28. The fraction of sp³-hybridized carbons (Fsp3) is 0.500. The molecular weight excluding hydrogens is 364 g/mol.